The van der Waals surface area contributed by atoms with Crippen LogP contribution in [0.1, 0.15) is 35.4 Å². The molecule has 0 radical (unpaired) electrons. The molecule has 0 unspecified atom stereocenters. The van der Waals surface area contributed by atoms with Gasteiger partial charge in [0, 0.05) is 19.2 Å². The third kappa shape index (κ3) is 3.68. The van der Waals surface area contributed by atoms with Crippen LogP contribution in [0.4, 0.5) is 0 Å². The largest absolute Gasteiger partial charge is 0.504 e. The molecule has 1 aliphatic rings. The molecule has 1 saturated heterocycles. The molecule has 1 aliphatic heterocycles. The average molecular weight is 380 g/mol. The number of piperidine rings is 1. The fourth-order valence-electron chi connectivity index (χ4n) is 2.85. The molecule has 0 atom stereocenters. The predicted octanol–water partition coefficient (Wildman–Crippen LogP) is 1.80. The van der Waals surface area contributed by atoms with E-state index in [9.17, 15) is 23.4 Å². The smallest absolute Gasteiger partial charge is 0.255 e. The summed E-state index contributed by atoms with van der Waals surface area (Å²) in [5, 5.41) is 22.4. The van der Waals surface area contributed by atoms with Crippen molar-refractivity contribution in [2.75, 3.05) is 13.1 Å². The van der Waals surface area contributed by atoms with E-state index in [-0.39, 0.29) is 17.0 Å². The average Bonchev–Trinajstić information content (AvgIpc) is 3.16. The van der Waals surface area contributed by atoms with E-state index in [1.54, 1.807) is 12.1 Å². The molecule has 2 heterocycles. The molecule has 0 aliphatic carbocycles. The number of hydrogen-bond donors (Lipinski definition) is 3. The highest BCUT2D eigenvalue weighted by Gasteiger charge is 2.29. The summed E-state index contributed by atoms with van der Waals surface area (Å²) in [5.74, 6) is -1.55. The molecule has 0 saturated carbocycles. The maximum Gasteiger partial charge on any atom is 0.255 e. The van der Waals surface area contributed by atoms with Gasteiger partial charge in [-0.15, -0.1) is 0 Å². The zero-order valence-corrected chi connectivity index (χ0v) is 14.8. The summed E-state index contributed by atoms with van der Waals surface area (Å²) in [4.78, 5) is 12.1. The number of rotatable bonds is 5. The SMILES string of the molecule is O=C(NCc1ccco1)c1cc(S(=O)(=O)N2CCCCC2)cc(O)c1O. The third-order valence-corrected chi connectivity index (χ3v) is 6.14. The molecule has 1 fully saturated rings. The molecule has 0 bridgehead atoms. The van der Waals surface area contributed by atoms with Crippen LogP contribution in [-0.2, 0) is 16.6 Å². The Morgan fingerprint density at radius 2 is 1.92 bits per heavy atom. The molecule has 9 heteroatoms. The molecule has 1 aromatic heterocycles. The molecule has 1 aromatic carbocycles. The maximum absolute atomic E-state index is 12.8. The molecule has 3 N–H and O–H groups in total. The molecule has 0 spiro atoms. The van der Waals surface area contributed by atoms with Crippen LogP contribution in [-0.4, -0.2) is 41.9 Å². The van der Waals surface area contributed by atoms with E-state index in [1.165, 1.54) is 10.6 Å². The van der Waals surface area contributed by atoms with Gasteiger partial charge in [0.25, 0.3) is 5.91 Å². The summed E-state index contributed by atoms with van der Waals surface area (Å²) < 4.78 is 31.9. The maximum atomic E-state index is 12.8. The monoisotopic (exact) mass is 380 g/mol. The van der Waals surface area contributed by atoms with E-state index in [1.807, 2.05) is 0 Å². The van der Waals surface area contributed by atoms with E-state index < -0.39 is 27.4 Å². The van der Waals surface area contributed by atoms with Gasteiger partial charge in [0.15, 0.2) is 11.5 Å². The van der Waals surface area contributed by atoms with Gasteiger partial charge in [0.2, 0.25) is 10.0 Å². The molecule has 2 aromatic rings. The lowest BCUT2D eigenvalue weighted by atomic mass is 10.1. The van der Waals surface area contributed by atoms with E-state index in [2.05, 4.69) is 5.32 Å². The van der Waals surface area contributed by atoms with Crippen molar-refractivity contribution in [2.24, 2.45) is 0 Å². The number of phenolic OH excluding ortho intramolecular Hbond substituents is 2. The molecule has 1 amide bonds. The number of carbonyl (C=O) groups is 1. The Morgan fingerprint density at radius 1 is 1.19 bits per heavy atom. The molecule has 26 heavy (non-hydrogen) atoms. The van der Waals surface area contributed by atoms with Crippen LogP contribution in [0.2, 0.25) is 0 Å². The van der Waals surface area contributed by atoms with E-state index in [4.69, 9.17) is 4.42 Å². The number of phenols is 2. The number of aromatic hydroxyl groups is 2. The van der Waals surface area contributed by atoms with Crippen molar-refractivity contribution < 1.29 is 27.8 Å². The number of nitrogens with zero attached hydrogens (tertiary/aromatic N) is 1. The molecular formula is C17H20N2O6S. The summed E-state index contributed by atoms with van der Waals surface area (Å²) in [6, 6.07) is 5.37. The van der Waals surface area contributed by atoms with Gasteiger partial charge in [0.1, 0.15) is 5.76 Å². The number of hydrogen-bond acceptors (Lipinski definition) is 6. The summed E-state index contributed by atoms with van der Waals surface area (Å²) in [5.41, 5.74) is -0.313. The van der Waals surface area contributed by atoms with Gasteiger partial charge < -0.3 is 19.9 Å². The highest BCUT2D eigenvalue weighted by atomic mass is 32.2. The predicted molar refractivity (Wildman–Crippen MR) is 92.3 cm³/mol. The fraction of sp³-hybridized carbons (Fsp3) is 0.353. The quantitative estimate of drug-likeness (QED) is 0.680. The fourth-order valence-corrected chi connectivity index (χ4v) is 4.41. The van der Waals surface area contributed by atoms with Gasteiger partial charge in [-0.25, -0.2) is 8.42 Å². The standard InChI is InChI=1S/C17H20N2O6S/c20-15-10-13(26(23,24)19-6-2-1-3-7-19)9-14(16(15)21)17(22)18-11-12-5-4-8-25-12/h4-5,8-10,20-21H,1-3,6-7,11H2,(H,18,22). The van der Waals surface area contributed by atoms with Crippen LogP contribution in [0.25, 0.3) is 0 Å². The van der Waals surface area contributed by atoms with Crippen molar-refractivity contribution >= 4 is 15.9 Å². The number of benzene rings is 1. The lowest BCUT2D eigenvalue weighted by Crippen LogP contribution is -2.35. The normalized spacial score (nSPS) is 15.7. The van der Waals surface area contributed by atoms with Crippen molar-refractivity contribution in [3.63, 3.8) is 0 Å². The first-order valence-electron chi connectivity index (χ1n) is 8.26. The van der Waals surface area contributed by atoms with E-state index in [0.29, 0.717) is 18.8 Å². The molecular weight excluding hydrogens is 360 g/mol. The second kappa shape index (κ2) is 7.38. The minimum atomic E-state index is -3.85. The minimum absolute atomic E-state index is 0.0646. The van der Waals surface area contributed by atoms with Gasteiger partial charge in [-0.2, -0.15) is 4.31 Å². The van der Waals surface area contributed by atoms with Gasteiger partial charge in [-0.05, 0) is 31.0 Å². The highest BCUT2D eigenvalue weighted by Crippen LogP contribution is 2.33. The second-order valence-electron chi connectivity index (χ2n) is 6.07. The Bertz CT molecular complexity index is 886. The van der Waals surface area contributed by atoms with Gasteiger partial charge in [0.05, 0.1) is 23.3 Å². The zero-order valence-electron chi connectivity index (χ0n) is 14.0. The number of furan rings is 1. The van der Waals surface area contributed by atoms with Gasteiger partial charge in [-0.1, -0.05) is 6.42 Å². The highest BCUT2D eigenvalue weighted by molar-refractivity contribution is 7.89. The lowest BCUT2D eigenvalue weighted by Gasteiger charge is -2.26. The molecule has 8 nitrogen and oxygen atoms in total. The first-order chi connectivity index (χ1) is 12.4. The summed E-state index contributed by atoms with van der Waals surface area (Å²) in [7, 11) is -3.85. The van der Waals surface area contributed by atoms with Crippen molar-refractivity contribution in [1.82, 2.24) is 9.62 Å². The second-order valence-corrected chi connectivity index (χ2v) is 8.00. The topological polar surface area (TPSA) is 120 Å². The van der Waals surface area contributed by atoms with Gasteiger partial charge in [-0.3, -0.25) is 4.79 Å². The van der Waals surface area contributed by atoms with Crippen LogP contribution in [0.5, 0.6) is 11.5 Å². The first kappa shape index (κ1) is 18.3. The van der Waals surface area contributed by atoms with E-state index in [0.717, 1.165) is 31.4 Å². The molecule has 140 valence electrons. The van der Waals surface area contributed by atoms with Crippen LogP contribution in [0.3, 0.4) is 0 Å². The summed E-state index contributed by atoms with van der Waals surface area (Å²) in [6.07, 6.45) is 3.95. The molecule has 3 rings (SSSR count). The number of carbonyl (C=O) groups excluding carboxylic acids is 1. The summed E-state index contributed by atoms with van der Waals surface area (Å²) >= 11 is 0. The number of amides is 1. The van der Waals surface area contributed by atoms with Crippen molar-refractivity contribution in [3.05, 3.63) is 41.9 Å². The third-order valence-electron chi connectivity index (χ3n) is 4.26. The summed E-state index contributed by atoms with van der Waals surface area (Å²) in [6.45, 7) is 0.850. The van der Waals surface area contributed by atoms with E-state index >= 15 is 0 Å². The van der Waals surface area contributed by atoms with Crippen LogP contribution >= 0.6 is 0 Å². The zero-order chi connectivity index (χ0) is 18.7. The lowest BCUT2D eigenvalue weighted by molar-refractivity contribution is 0.0944. The Hall–Kier alpha value is -2.52. The van der Waals surface area contributed by atoms with Crippen LogP contribution in [0, 0.1) is 0 Å². The Labute approximate surface area is 151 Å². The van der Waals surface area contributed by atoms with Gasteiger partial charge >= 0.3 is 0 Å². The van der Waals surface area contributed by atoms with Crippen molar-refractivity contribution in [2.45, 2.75) is 30.7 Å². The first-order valence-corrected chi connectivity index (χ1v) is 9.70. The Balaban J connectivity index is 1.87. The van der Waals surface area contributed by atoms with Crippen molar-refractivity contribution in [1.29, 1.82) is 0 Å². The Kier molecular flexibility index (Phi) is 5.19. The van der Waals surface area contributed by atoms with Crippen LogP contribution in [0.15, 0.2) is 39.8 Å². The van der Waals surface area contributed by atoms with Crippen molar-refractivity contribution in [3.8, 4) is 11.5 Å². The minimum Gasteiger partial charge on any atom is -0.504 e. The Morgan fingerprint density at radius 3 is 2.58 bits per heavy atom. The number of nitrogens with one attached hydrogen (secondary N) is 1. The number of sulfonamides is 1. The van der Waals surface area contributed by atoms with Crippen LogP contribution < -0.4 is 5.32 Å².